The lowest BCUT2D eigenvalue weighted by Crippen LogP contribution is -2.32. The standard InChI is InChI=1S/C16H19ClN2O4S/c1-4-14(16(20)18-15-7-10(2)23-19-15)24(21)9-11-8-12(17)5-6-13(11)22-3/h5-8,14H,4,9H2,1-3H3,(H,18,19,20). The second-order valence-corrected chi connectivity index (χ2v) is 7.25. The minimum absolute atomic E-state index is 0.174. The van der Waals surface area contributed by atoms with E-state index in [-0.39, 0.29) is 11.7 Å². The smallest absolute Gasteiger partial charge is 0.241 e. The Morgan fingerprint density at radius 3 is 2.79 bits per heavy atom. The van der Waals surface area contributed by atoms with Crippen molar-refractivity contribution >= 4 is 34.1 Å². The van der Waals surface area contributed by atoms with E-state index in [1.54, 1.807) is 31.2 Å². The van der Waals surface area contributed by atoms with Gasteiger partial charge in [-0.3, -0.25) is 9.00 Å². The highest BCUT2D eigenvalue weighted by atomic mass is 35.5. The number of aryl methyl sites for hydroxylation is 1. The van der Waals surface area contributed by atoms with Crippen molar-refractivity contribution in [3.8, 4) is 5.75 Å². The Morgan fingerprint density at radius 1 is 1.46 bits per heavy atom. The van der Waals surface area contributed by atoms with Crippen LogP contribution in [0.2, 0.25) is 5.02 Å². The predicted octanol–water partition coefficient (Wildman–Crippen LogP) is 3.31. The summed E-state index contributed by atoms with van der Waals surface area (Å²) in [6, 6.07) is 6.72. The summed E-state index contributed by atoms with van der Waals surface area (Å²) in [5.74, 6) is 1.31. The number of rotatable bonds is 7. The van der Waals surface area contributed by atoms with E-state index >= 15 is 0 Å². The zero-order valence-electron chi connectivity index (χ0n) is 13.7. The van der Waals surface area contributed by atoms with E-state index in [1.807, 2.05) is 6.92 Å². The monoisotopic (exact) mass is 370 g/mol. The highest BCUT2D eigenvalue weighted by Gasteiger charge is 2.25. The third kappa shape index (κ3) is 4.58. The number of hydrogen-bond donors (Lipinski definition) is 1. The van der Waals surface area contributed by atoms with Crippen LogP contribution in [0.4, 0.5) is 5.82 Å². The van der Waals surface area contributed by atoms with Gasteiger partial charge in [-0.15, -0.1) is 0 Å². The summed E-state index contributed by atoms with van der Waals surface area (Å²) < 4.78 is 22.8. The van der Waals surface area contributed by atoms with Crippen LogP contribution in [0.5, 0.6) is 5.75 Å². The predicted molar refractivity (Wildman–Crippen MR) is 93.8 cm³/mol. The average molecular weight is 371 g/mol. The molecule has 0 aliphatic carbocycles. The molecular formula is C16H19ClN2O4S. The number of methoxy groups -OCH3 is 1. The largest absolute Gasteiger partial charge is 0.496 e. The van der Waals surface area contributed by atoms with Crippen LogP contribution in [0.3, 0.4) is 0 Å². The molecule has 0 radical (unpaired) electrons. The van der Waals surface area contributed by atoms with Crippen molar-refractivity contribution in [2.75, 3.05) is 12.4 Å². The van der Waals surface area contributed by atoms with Crippen LogP contribution < -0.4 is 10.1 Å². The molecule has 6 nitrogen and oxygen atoms in total. The van der Waals surface area contributed by atoms with Gasteiger partial charge in [0, 0.05) is 27.5 Å². The molecule has 130 valence electrons. The average Bonchev–Trinajstić information content (AvgIpc) is 2.93. The summed E-state index contributed by atoms with van der Waals surface area (Å²) in [6.45, 7) is 3.54. The van der Waals surface area contributed by atoms with Gasteiger partial charge in [-0.1, -0.05) is 23.7 Å². The van der Waals surface area contributed by atoms with Crippen LogP contribution in [-0.4, -0.2) is 27.6 Å². The fourth-order valence-electron chi connectivity index (χ4n) is 2.24. The molecular weight excluding hydrogens is 352 g/mol. The topological polar surface area (TPSA) is 81.4 Å². The van der Waals surface area contributed by atoms with Crippen LogP contribution in [0.1, 0.15) is 24.7 Å². The molecule has 2 rings (SSSR count). The summed E-state index contributed by atoms with van der Waals surface area (Å²) in [7, 11) is 0.0993. The number of hydrogen-bond acceptors (Lipinski definition) is 5. The lowest BCUT2D eigenvalue weighted by molar-refractivity contribution is -0.115. The first-order chi connectivity index (χ1) is 11.4. The minimum Gasteiger partial charge on any atom is -0.496 e. The molecule has 0 aliphatic rings. The molecule has 1 aromatic carbocycles. The molecule has 2 unspecified atom stereocenters. The molecule has 0 bridgehead atoms. The number of benzene rings is 1. The Bertz CT molecular complexity index is 747. The maximum atomic E-state index is 12.7. The van der Waals surface area contributed by atoms with Crippen molar-refractivity contribution in [1.29, 1.82) is 0 Å². The van der Waals surface area contributed by atoms with Gasteiger partial charge in [0.05, 0.1) is 12.9 Å². The second-order valence-electron chi connectivity index (χ2n) is 5.19. The molecule has 0 fully saturated rings. The van der Waals surface area contributed by atoms with Crippen LogP contribution in [-0.2, 0) is 21.3 Å². The number of ether oxygens (including phenoxy) is 1. The Hall–Kier alpha value is -1.86. The van der Waals surface area contributed by atoms with Gasteiger partial charge in [-0.05, 0) is 31.5 Å². The van der Waals surface area contributed by atoms with E-state index in [2.05, 4.69) is 10.5 Å². The summed E-state index contributed by atoms with van der Waals surface area (Å²) in [5, 5.41) is 6.19. The number of nitrogens with one attached hydrogen (secondary N) is 1. The first kappa shape index (κ1) is 18.5. The van der Waals surface area contributed by atoms with Gasteiger partial charge in [0.2, 0.25) is 5.91 Å². The molecule has 0 saturated heterocycles. The van der Waals surface area contributed by atoms with Gasteiger partial charge in [0.1, 0.15) is 16.8 Å². The van der Waals surface area contributed by atoms with Crippen molar-refractivity contribution < 1.29 is 18.3 Å². The lowest BCUT2D eigenvalue weighted by Gasteiger charge is -2.15. The first-order valence-electron chi connectivity index (χ1n) is 7.38. The Balaban J connectivity index is 2.11. The molecule has 2 aromatic rings. The number of halogens is 1. The van der Waals surface area contributed by atoms with Crippen LogP contribution >= 0.6 is 11.6 Å². The van der Waals surface area contributed by atoms with Crippen molar-refractivity contribution in [1.82, 2.24) is 5.16 Å². The summed E-state index contributed by atoms with van der Waals surface area (Å²) in [5.41, 5.74) is 0.701. The maximum absolute atomic E-state index is 12.7. The number of anilines is 1. The van der Waals surface area contributed by atoms with E-state index in [9.17, 15) is 9.00 Å². The van der Waals surface area contributed by atoms with Crippen LogP contribution in [0, 0.1) is 6.92 Å². The molecule has 0 spiro atoms. The highest BCUT2D eigenvalue weighted by molar-refractivity contribution is 7.85. The zero-order valence-corrected chi connectivity index (χ0v) is 15.2. The van der Waals surface area contributed by atoms with Gasteiger partial charge >= 0.3 is 0 Å². The summed E-state index contributed by atoms with van der Waals surface area (Å²) in [6.07, 6.45) is 0.429. The zero-order chi connectivity index (χ0) is 17.7. The van der Waals surface area contributed by atoms with Crippen molar-refractivity contribution in [3.05, 3.63) is 40.6 Å². The third-order valence-corrected chi connectivity index (χ3v) is 5.41. The van der Waals surface area contributed by atoms with E-state index < -0.39 is 16.0 Å². The van der Waals surface area contributed by atoms with E-state index in [0.717, 1.165) is 0 Å². The highest BCUT2D eigenvalue weighted by Crippen LogP contribution is 2.25. The number of aromatic nitrogens is 1. The van der Waals surface area contributed by atoms with E-state index in [4.69, 9.17) is 20.9 Å². The number of amides is 1. The van der Waals surface area contributed by atoms with Gasteiger partial charge in [0.15, 0.2) is 5.82 Å². The molecule has 24 heavy (non-hydrogen) atoms. The van der Waals surface area contributed by atoms with Crippen LogP contribution in [0.25, 0.3) is 0 Å². The fourth-order valence-corrected chi connectivity index (χ4v) is 3.83. The SMILES string of the molecule is CCC(C(=O)Nc1cc(C)on1)S(=O)Cc1cc(Cl)ccc1OC. The van der Waals surface area contributed by atoms with Crippen LogP contribution in [0.15, 0.2) is 28.8 Å². The Kier molecular flexibility index (Phi) is 6.39. The molecule has 2 atom stereocenters. The molecule has 1 N–H and O–H groups in total. The Labute approximate surface area is 148 Å². The summed E-state index contributed by atoms with van der Waals surface area (Å²) in [4.78, 5) is 12.4. The molecule has 0 aliphatic heterocycles. The normalized spacial score (nSPS) is 13.3. The van der Waals surface area contributed by atoms with Crippen molar-refractivity contribution in [2.24, 2.45) is 0 Å². The molecule has 0 saturated carbocycles. The molecule has 1 heterocycles. The van der Waals surface area contributed by atoms with Crippen molar-refractivity contribution in [2.45, 2.75) is 31.3 Å². The minimum atomic E-state index is -1.43. The molecule has 1 amide bonds. The molecule has 1 aromatic heterocycles. The van der Waals surface area contributed by atoms with Gasteiger partial charge < -0.3 is 14.6 Å². The third-order valence-electron chi connectivity index (χ3n) is 3.40. The fraction of sp³-hybridized carbons (Fsp3) is 0.375. The lowest BCUT2D eigenvalue weighted by atomic mass is 10.2. The number of carbonyl (C=O) groups is 1. The quantitative estimate of drug-likeness (QED) is 0.808. The maximum Gasteiger partial charge on any atom is 0.241 e. The molecule has 8 heteroatoms. The number of nitrogens with zero attached hydrogens (tertiary/aromatic N) is 1. The first-order valence-corrected chi connectivity index (χ1v) is 9.14. The van der Waals surface area contributed by atoms with Gasteiger partial charge in [-0.2, -0.15) is 0 Å². The number of carbonyl (C=O) groups excluding carboxylic acids is 1. The second kappa shape index (κ2) is 8.30. The Morgan fingerprint density at radius 2 is 2.21 bits per heavy atom. The van der Waals surface area contributed by atoms with E-state index in [0.29, 0.717) is 34.3 Å². The van der Waals surface area contributed by atoms with Gasteiger partial charge in [-0.25, -0.2) is 0 Å². The van der Waals surface area contributed by atoms with E-state index in [1.165, 1.54) is 7.11 Å². The van der Waals surface area contributed by atoms with Gasteiger partial charge in [0.25, 0.3) is 0 Å². The van der Waals surface area contributed by atoms with Crippen molar-refractivity contribution in [3.63, 3.8) is 0 Å². The summed E-state index contributed by atoms with van der Waals surface area (Å²) >= 11 is 5.99.